The average Bonchev–Trinajstić information content (AvgIpc) is 2.77. The molecule has 2 atom stereocenters. The summed E-state index contributed by atoms with van der Waals surface area (Å²) in [5.41, 5.74) is 1.96. The highest BCUT2D eigenvalue weighted by atomic mass is 32.1. The Kier molecular flexibility index (Phi) is 4.30. The van der Waals surface area contributed by atoms with E-state index in [9.17, 15) is 14.7 Å². The summed E-state index contributed by atoms with van der Waals surface area (Å²) in [5, 5.41) is 13.7. The number of rotatable bonds is 3. The third-order valence-electron chi connectivity index (χ3n) is 3.31. The zero-order valence-electron chi connectivity index (χ0n) is 9.96. The summed E-state index contributed by atoms with van der Waals surface area (Å²) < 4.78 is 0. The van der Waals surface area contributed by atoms with Crippen LogP contribution in [0.25, 0.3) is 0 Å². The number of hydrogen-bond acceptors (Lipinski definition) is 4. The molecule has 0 saturated heterocycles. The molecule has 1 aliphatic rings. The fourth-order valence-corrected chi connectivity index (χ4v) is 2.88. The summed E-state index contributed by atoms with van der Waals surface area (Å²) >= 11 is 1.35. The van der Waals surface area contributed by atoms with Gasteiger partial charge < -0.3 is 10.4 Å². The molecule has 6 heteroatoms. The van der Waals surface area contributed by atoms with Crippen LogP contribution in [0.15, 0.2) is 10.9 Å². The van der Waals surface area contributed by atoms with Crippen LogP contribution in [0.3, 0.4) is 0 Å². The second-order valence-electron chi connectivity index (χ2n) is 4.54. The Morgan fingerprint density at radius 3 is 2.78 bits per heavy atom. The topological polar surface area (TPSA) is 79.3 Å². The predicted molar refractivity (Wildman–Crippen MR) is 67.6 cm³/mol. The molecule has 1 aromatic rings. The van der Waals surface area contributed by atoms with Crippen LogP contribution in [-0.4, -0.2) is 28.0 Å². The first-order valence-corrected chi connectivity index (χ1v) is 7.04. The van der Waals surface area contributed by atoms with Gasteiger partial charge in [-0.15, -0.1) is 11.3 Å². The molecule has 0 bridgehead atoms. The summed E-state index contributed by atoms with van der Waals surface area (Å²) in [6, 6.07) is -0.279. The van der Waals surface area contributed by atoms with E-state index in [0.717, 1.165) is 25.7 Å². The third kappa shape index (κ3) is 3.07. The Labute approximate surface area is 109 Å². The number of aliphatic carboxylic acids is 1. The van der Waals surface area contributed by atoms with Crippen molar-refractivity contribution in [2.75, 3.05) is 0 Å². The SMILES string of the molecule is O=C(N[C@H]1CCCCC[C@@H]1C(=O)O)c1cscn1. The quantitative estimate of drug-likeness (QED) is 0.821. The molecule has 0 aromatic carbocycles. The molecule has 1 amide bonds. The van der Waals surface area contributed by atoms with E-state index in [4.69, 9.17) is 0 Å². The lowest BCUT2D eigenvalue weighted by Gasteiger charge is -2.22. The van der Waals surface area contributed by atoms with E-state index in [-0.39, 0.29) is 11.9 Å². The maximum absolute atomic E-state index is 11.9. The number of carboxylic acid groups (broad SMARTS) is 1. The number of amides is 1. The maximum Gasteiger partial charge on any atom is 0.308 e. The number of thiazole rings is 1. The van der Waals surface area contributed by atoms with Crippen LogP contribution in [0.4, 0.5) is 0 Å². The summed E-state index contributed by atoms with van der Waals surface area (Å²) in [4.78, 5) is 27.0. The lowest BCUT2D eigenvalue weighted by molar-refractivity contribution is -0.142. The molecular weight excluding hydrogens is 252 g/mol. The Balaban J connectivity index is 2.04. The Hall–Kier alpha value is -1.43. The van der Waals surface area contributed by atoms with Crippen LogP contribution < -0.4 is 5.32 Å². The molecule has 1 aromatic heterocycles. The van der Waals surface area contributed by atoms with Crippen molar-refractivity contribution in [3.05, 3.63) is 16.6 Å². The molecule has 2 N–H and O–H groups in total. The Morgan fingerprint density at radius 1 is 1.33 bits per heavy atom. The van der Waals surface area contributed by atoms with Gasteiger partial charge in [0.05, 0.1) is 11.4 Å². The van der Waals surface area contributed by atoms with Crippen LogP contribution in [0, 0.1) is 5.92 Å². The number of carbonyl (C=O) groups excluding carboxylic acids is 1. The van der Waals surface area contributed by atoms with Gasteiger partial charge in [-0.25, -0.2) is 4.98 Å². The normalized spacial score (nSPS) is 24.2. The smallest absolute Gasteiger partial charge is 0.308 e. The van der Waals surface area contributed by atoms with Gasteiger partial charge in [-0.1, -0.05) is 19.3 Å². The van der Waals surface area contributed by atoms with Gasteiger partial charge in [-0.2, -0.15) is 0 Å². The van der Waals surface area contributed by atoms with Crippen molar-refractivity contribution in [2.45, 2.75) is 38.1 Å². The van der Waals surface area contributed by atoms with Crippen molar-refractivity contribution < 1.29 is 14.7 Å². The second kappa shape index (κ2) is 5.95. The molecule has 0 aliphatic heterocycles. The molecule has 2 rings (SSSR count). The molecule has 1 fully saturated rings. The number of carbonyl (C=O) groups is 2. The van der Waals surface area contributed by atoms with E-state index in [2.05, 4.69) is 10.3 Å². The van der Waals surface area contributed by atoms with Crippen LogP contribution in [-0.2, 0) is 4.79 Å². The van der Waals surface area contributed by atoms with Gasteiger partial charge in [-0.05, 0) is 12.8 Å². The van der Waals surface area contributed by atoms with Crippen molar-refractivity contribution in [3.63, 3.8) is 0 Å². The first kappa shape index (κ1) is 13.0. The molecule has 1 heterocycles. The standard InChI is InChI=1S/C12H16N2O3S/c15-11(10-6-18-7-13-10)14-9-5-3-1-2-4-8(9)12(16)17/h6-9H,1-5H2,(H,14,15)(H,16,17)/t8-,9-/m0/s1. The number of nitrogens with one attached hydrogen (secondary N) is 1. The van der Waals surface area contributed by atoms with Crippen molar-refractivity contribution in [3.8, 4) is 0 Å². The first-order chi connectivity index (χ1) is 8.68. The van der Waals surface area contributed by atoms with Crippen LogP contribution >= 0.6 is 11.3 Å². The van der Waals surface area contributed by atoms with Gasteiger partial charge in [0.15, 0.2) is 0 Å². The molecule has 0 spiro atoms. The molecule has 0 unspecified atom stereocenters. The van der Waals surface area contributed by atoms with E-state index >= 15 is 0 Å². The highest BCUT2D eigenvalue weighted by Gasteiger charge is 2.30. The van der Waals surface area contributed by atoms with Crippen molar-refractivity contribution in [1.29, 1.82) is 0 Å². The zero-order valence-corrected chi connectivity index (χ0v) is 10.8. The van der Waals surface area contributed by atoms with Gasteiger partial charge >= 0.3 is 5.97 Å². The molecule has 1 aliphatic carbocycles. The molecule has 98 valence electrons. The number of nitrogens with zero attached hydrogens (tertiary/aromatic N) is 1. The van der Waals surface area contributed by atoms with E-state index in [1.165, 1.54) is 11.3 Å². The van der Waals surface area contributed by atoms with E-state index < -0.39 is 11.9 Å². The molecule has 5 nitrogen and oxygen atoms in total. The summed E-state index contributed by atoms with van der Waals surface area (Å²) in [7, 11) is 0. The zero-order chi connectivity index (χ0) is 13.0. The lowest BCUT2D eigenvalue weighted by Crippen LogP contribution is -2.42. The Bertz CT molecular complexity index is 419. The van der Waals surface area contributed by atoms with Crippen molar-refractivity contribution in [1.82, 2.24) is 10.3 Å². The Morgan fingerprint density at radius 2 is 2.11 bits per heavy atom. The maximum atomic E-state index is 11.9. The van der Waals surface area contributed by atoms with Gasteiger partial charge in [-0.3, -0.25) is 9.59 Å². The number of hydrogen-bond donors (Lipinski definition) is 2. The number of aromatic nitrogens is 1. The fourth-order valence-electron chi connectivity index (χ4n) is 2.34. The van der Waals surface area contributed by atoms with Crippen LogP contribution in [0.1, 0.15) is 42.6 Å². The highest BCUT2D eigenvalue weighted by Crippen LogP contribution is 2.24. The second-order valence-corrected chi connectivity index (χ2v) is 5.26. The molecular formula is C12H16N2O3S. The average molecular weight is 268 g/mol. The van der Waals surface area contributed by atoms with Crippen LogP contribution in [0.2, 0.25) is 0 Å². The summed E-state index contributed by atoms with van der Waals surface area (Å²) in [6.45, 7) is 0. The summed E-state index contributed by atoms with van der Waals surface area (Å²) in [6.07, 6.45) is 4.28. The minimum absolute atomic E-state index is 0.269. The minimum Gasteiger partial charge on any atom is -0.481 e. The fraction of sp³-hybridized carbons (Fsp3) is 0.583. The van der Waals surface area contributed by atoms with Crippen molar-refractivity contribution >= 4 is 23.2 Å². The van der Waals surface area contributed by atoms with Gasteiger partial charge in [0, 0.05) is 11.4 Å². The van der Waals surface area contributed by atoms with E-state index in [1.807, 2.05) is 0 Å². The third-order valence-corrected chi connectivity index (χ3v) is 3.90. The number of carboxylic acids is 1. The van der Waals surface area contributed by atoms with Crippen LogP contribution in [0.5, 0.6) is 0 Å². The molecule has 1 saturated carbocycles. The minimum atomic E-state index is -0.819. The monoisotopic (exact) mass is 268 g/mol. The van der Waals surface area contributed by atoms with Gasteiger partial charge in [0.2, 0.25) is 0 Å². The van der Waals surface area contributed by atoms with E-state index in [0.29, 0.717) is 12.1 Å². The van der Waals surface area contributed by atoms with Crippen molar-refractivity contribution in [2.24, 2.45) is 5.92 Å². The van der Waals surface area contributed by atoms with Gasteiger partial charge in [0.1, 0.15) is 5.69 Å². The van der Waals surface area contributed by atoms with E-state index in [1.54, 1.807) is 10.9 Å². The highest BCUT2D eigenvalue weighted by molar-refractivity contribution is 7.07. The largest absolute Gasteiger partial charge is 0.481 e. The molecule has 18 heavy (non-hydrogen) atoms. The lowest BCUT2D eigenvalue weighted by atomic mass is 9.95. The molecule has 0 radical (unpaired) electrons. The summed E-state index contributed by atoms with van der Waals surface area (Å²) in [5.74, 6) is -1.56. The van der Waals surface area contributed by atoms with Gasteiger partial charge in [0.25, 0.3) is 5.91 Å². The first-order valence-electron chi connectivity index (χ1n) is 6.10. The predicted octanol–water partition coefficient (Wildman–Crippen LogP) is 1.91.